The summed E-state index contributed by atoms with van der Waals surface area (Å²) in [5, 5.41) is 17.3. The number of nitro groups is 1. The van der Waals surface area contributed by atoms with Gasteiger partial charge in [-0.15, -0.1) is 0 Å². The largest absolute Gasteiger partial charge is 0.277 e. The van der Waals surface area contributed by atoms with Gasteiger partial charge in [-0.25, -0.2) is 0 Å². The van der Waals surface area contributed by atoms with Gasteiger partial charge in [0.1, 0.15) is 0 Å². The Labute approximate surface area is 126 Å². The van der Waals surface area contributed by atoms with E-state index in [1.165, 1.54) is 0 Å². The van der Waals surface area contributed by atoms with E-state index in [0.717, 1.165) is 32.5 Å². The Morgan fingerprint density at radius 2 is 1.45 bits per heavy atom. The van der Waals surface area contributed by atoms with Crippen LogP contribution in [-0.4, -0.2) is 4.92 Å². The van der Waals surface area contributed by atoms with Gasteiger partial charge >= 0.3 is 0 Å². The Bertz CT molecular complexity index is 1070. The summed E-state index contributed by atoms with van der Waals surface area (Å²) in [7, 11) is 0. The molecule has 3 heteroatoms. The van der Waals surface area contributed by atoms with Crippen molar-refractivity contribution < 1.29 is 4.92 Å². The summed E-state index contributed by atoms with van der Waals surface area (Å²) in [5.74, 6) is 0. The molecule has 0 bridgehead atoms. The number of rotatable bonds is 1. The second-order valence-electron chi connectivity index (χ2n) is 5.54. The minimum Gasteiger partial charge on any atom is -0.258 e. The lowest BCUT2D eigenvalue weighted by molar-refractivity contribution is -0.382. The van der Waals surface area contributed by atoms with Gasteiger partial charge in [0.2, 0.25) is 0 Å². The molecule has 0 N–H and O–H groups in total. The Kier molecular flexibility index (Phi) is 2.63. The molecule has 4 aromatic carbocycles. The molecule has 4 rings (SSSR count). The summed E-state index contributed by atoms with van der Waals surface area (Å²) in [6.45, 7) is 2.06. The maximum atomic E-state index is 11.5. The molecule has 0 spiro atoms. The lowest BCUT2D eigenvalue weighted by Crippen LogP contribution is -1.92. The van der Waals surface area contributed by atoms with Crippen LogP contribution in [-0.2, 0) is 0 Å². The van der Waals surface area contributed by atoms with E-state index in [2.05, 4.69) is 13.0 Å². The first-order valence-corrected chi connectivity index (χ1v) is 7.15. The smallest absolute Gasteiger partial charge is 0.258 e. The molecule has 0 amide bonds. The minimum absolute atomic E-state index is 0.166. The van der Waals surface area contributed by atoms with Gasteiger partial charge in [-0.2, -0.15) is 0 Å². The number of nitrogens with zero attached hydrogens (tertiary/aromatic N) is 1. The molecule has 0 atom stereocenters. The van der Waals surface area contributed by atoms with Crippen LogP contribution in [0.5, 0.6) is 0 Å². The van der Waals surface area contributed by atoms with Gasteiger partial charge in [0.05, 0.1) is 10.3 Å². The summed E-state index contributed by atoms with van der Waals surface area (Å²) < 4.78 is 0. The Hall–Kier alpha value is -2.94. The maximum Gasteiger partial charge on any atom is 0.277 e. The third-order valence-corrected chi connectivity index (χ3v) is 4.24. The lowest BCUT2D eigenvalue weighted by Gasteiger charge is -2.11. The van der Waals surface area contributed by atoms with Crippen LogP contribution in [0.1, 0.15) is 5.56 Å². The van der Waals surface area contributed by atoms with Crippen LogP contribution in [0.3, 0.4) is 0 Å². The minimum atomic E-state index is -0.293. The molecule has 4 aromatic rings. The molecule has 0 aromatic heterocycles. The fourth-order valence-corrected chi connectivity index (χ4v) is 3.32. The molecule has 22 heavy (non-hydrogen) atoms. The molecule has 106 valence electrons. The highest BCUT2D eigenvalue weighted by atomic mass is 16.6. The van der Waals surface area contributed by atoms with Crippen molar-refractivity contribution in [1.29, 1.82) is 0 Å². The first-order valence-electron chi connectivity index (χ1n) is 7.15. The zero-order valence-corrected chi connectivity index (χ0v) is 12.0. The van der Waals surface area contributed by atoms with Gasteiger partial charge < -0.3 is 0 Å². The monoisotopic (exact) mass is 287 g/mol. The van der Waals surface area contributed by atoms with Crippen LogP contribution in [0.2, 0.25) is 0 Å². The molecule has 0 aliphatic rings. The third kappa shape index (κ3) is 1.69. The number of hydrogen-bond acceptors (Lipinski definition) is 2. The van der Waals surface area contributed by atoms with Crippen molar-refractivity contribution >= 4 is 38.0 Å². The van der Waals surface area contributed by atoms with Gasteiger partial charge in [0, 0.05) is 6.07 Å². The predicted octanol–water partition coefficient (Wildman–Crippen LogP) is 5.36. The zero-order chi connectivity index (χ0) is 15.3. The van der Waals surface area contributed by atoms with Crippen LogP contribution in [0, 0.1) is 17.0 Å². The molecule has 0 unspecified atom stereocenters. The molecule has 0 fully saturated rings. The van der Waals surface area contributed by atoms with Gasteiger partial charge in [-0.05, 0) is 45.5 Å². The van der Waals surface area contributed by atoms with Crippen LogP contribution in [0.25, 0.3) is 32.3 Å². The van der Waals surface area contributed by atoms with Crippen LogP contribution < -0.4 is 0 Å². The van der Waals surface area contributed by atoms with Crippen molar-refractivity contribution in [3.63, 3.8) is 0 Å². The predicted molar refractivity (Wildman–Crippen MR) is 90.4 cm³/mol. The topological polar surface area (TPSA) is 43.1 Å². The van der Waals surface area contributed by atoms with Crippen molar-refractivity contribution in [1.82, 2.24) is 0 Å². The molecule has 3 nitrogen and oxygen atoms in total. The Morgan fingerprint density at radius 3 is 2.18 bits per heavy atom. The maximum absolute atomic E-state index is 11.5. The van der Waals surface area contributed by atoms with Crippen LogP contribution in [0.15, 0.2) is 60.7 Å². The highest BCUT2D eigenvalue weighted by molar-refractivity contribution is 6.20. The summed E-state index contributed by atoms with van der Waals surface area (Å²) in [6.07, 6.45) is 0. The van der Waals surface area contributed by atoms with Crippen molar-refractivity contribution in [2.45, 2.75) is 6.92 Å². The Balaban J connectivity index is 2.37. The fourth-order valence-electron chi connectivity index (χ4n) is 3.32. The second kappa shape index (κ2) is 4.53. The van der Waals surface area contributed by atoms with E-state index in [1.54, 1.807) is 6.07 Å². The highest BCUT2D eigenvalue weighted by Gasteiger charge is 2.17. The van der Waals surface area contributed by atoms with Gasteiger partial charge in [-0.3, -0.25) is 10.1 Å². The Morgan fingerprint density at radius 1 is 0.818 bits per heavy atom. The quantitative estimate of drug-likeness (QED) is 0.268. The molecule has 0 heterocycles. The number of benzene rings is 4. The van der Waals surface area contributed by atoms with Crippen molar-refractivity contribution in [3.8, 4) is 0 Å². The molecule has 0 saturated heterocycles. The standard InChI is InChI=1S/C19H13NO2/c1-12-10-13-6-2-3-7-14(13)17-11-18(20(21)22)15-8-4-5-9-16(15)19(12)17/h2-11H,1H3. The molecule has 0 saturated carbocycles. The molecule has 0 aliphatic heterocycles. The van der Waals surface area contributed by atoms with Gasteiger partial charge in [-0.1, -0.05) is 48.5 Å². The van der Waals surface area contributed by atoms with Crippen LogP contribution >= 0.6 is 0 Å². The van der Waals surface area contributed by atoms with Crippen molar-refractivity contribution in [3.05, 3.63) is 76.3 Å². The summed E-state index contributed by atoms with van der Waals surface area (Å²) in [5.41, 5.74) is 1.30. The third-order valence-electron chi connectivity index (χ3n) is 4.24. The normalized spacial score (nSPS) is 11.3. The van der Waals surface area contributed by atoms with E-state index < -0.39 is 0 Å². The average Bonchev–Trinajstić information content (AvgIpc) is 2.53. The number of hydrogen-bond donors (Lipinski definition) is 0. The highest BCUT2D eigenvalue weighted by Crippen LogP contribution is 2.38. The fraction of sp³-hybridized carbons (Fsp3) is 0.0526. The van der Waals surface area contributed by atoms with Gasteiger partial charge in [0.15, 0.2) is 0 Å². The molecule has 0 radical (unpaired) electrons. The number of nitro benzene ring substituents is 1. The van der Waals surface area contributed by atoms with E-state index >= 15 is 0 Å². The average molecular weight is 287 g/mol. The SMILES string of the molecule is Cc1cc2ccccc2c2cc([N+](=O)[O-])c3ccccc3c12. The van der Waals surface area contributed by atoms with E-state index in [0.29, 0.717) is 5.39 Å². The van der Waals surface area contributed by atoms with Crippen molar-refractivity contribution in [2.75, 3.05) is 0 Å². The van der Waals surface area contributed by atoms with Gasteiger partial charge in [0.25, 0.3) is 5.69 Å². The van der Waals surface area contributed by atoms with E-state index in [1.807, 2.05) is 48.5 Å². The summed E-state index contributed by atoms with van der Waals surface area (Å²) >= 11 is 0. The molecular weight excluding hydrogens is 274 g/mol. The number of aryl methyl sites for hydroxylation is 1. The summed E-state index contributed by atoms with van der Waals surface area (Å²) in [4.78, 5) is 11.2. The second-order valence-corrected chi connectivity index (χ2v) is 5.54. The first kappa shape index (κ1) is 12.8. The lowest BCUT2D eigenvalue weighted by atomic mass is 9.93. The molecule has 0 aliphatic carbocycles. The molecular formula is C19H13NO2. The first-order chi connectivity index (χ1) is 10.7. The van der Waals surface area contributed by atoms with E-state index in [-0.39, 0.29) is 10.6 Å². The van der Waals surface area contributed by atoms with E-state index in [9.17, 15) is 10.1 Å². The number of fused-ring (bicyclic) bond motifs is 5. The number of non-ortho nitro benzene ring substituents is 1. The summed E-state index contributed by atoms with van der Waals surface area (Å²) in [6, 6.07) is 19.5. The van der Waals surface area contributed by atoms with Crippen LogP contribution in [0.4, 0.5) is 5.69 Å². The van der Waals surface area contributed by atoms with E-state index in [4.69, 9.17) is 0 Å². The van der Waals surface area contributed by atoms with Crippen molar-refractivity contribution in [2.24, 2.45) is 0 Å². The zero-order valence-electron chi connectivity index (χ0n) is 12.0.